The van der Waals surface area contributed by atoms with Gasteiger partial charge in [-0.2, -0.15) is 0 Å². The van der Waals surface area contributed by atoms with Crippen LogP contribution in [0.15, 0.2) is 24.4 Å². The second-order valence-electron chi connectivity index (χ2n) is 4.78. The lowest BCUT2D eigenvalue weighted by Gasteiger charge is -2.40. The molecule has 0 atom stereocenters. The third-order valence-electron chi connectivity index (χ3n) is 3.76. The fourth-order valence-electron chi connectivity index (χ4n) is 2.48. The summed E-state index contributed by atoms with van der Waals surface area (Å²) in [5.74, 6) is 1.04. The van der Waals surface area contributed by atoms with Crippen LogP contribution in [-0.2, 0) is 6.42 Å². The molecule has 1 aliphatic carbocycles. The lowest BCUT2D eigenvalue weighted by molar-refractivity contribution is 0.141. The maximum atomic E-state index is 5.87. The zero-order chi connectivity index (χ0) is 11.0. The van der Waals surface area contributed by atoms with E-state index in [4.69, 9.17) is 5.73 Å². The van der Waals surface area contributed by atoms with E-state index in [-0.39, 0.29) is 0 Å². The van der Waals surface area contributed by atoms with Crippen LogP contribution in [0.5, 0.6) is 0 Å². The van der Waals surface area contributed by atoms with Gasteiger partial charge >= 0.3 is 0 Å². The van der Waals surface area contributed by atoms with Crippen LogP contribution in [0.3, 0.4) is 0 Å². The van der Waals surface area contributed by atoms with E-state index in [0.717, 1.165) is 24.4 Å². The lowest BCUT2D eigenvalue weighted by Crippen LogP contribution is -2.39. The van der Waals surface area contributed by atoms with E-state index in [9.17, 15) is 0 Å². The molecule has 2 aromatic heterocycles. The lowest BCUT2D eigenvalue weighted by atomic mass is 9.66. The fraction of sp³-hybridized carbons (Fsp3) is 0.500. The molecule has 0 unspecified atom stereocenters. The van der Waals surface area contributed by atoms with Crippen molar-refractivity contribution in [2.75, 3.05) is 6.54 Å². The first-order valence-corrected chi connectivity index (χ1v) is 5.82. The number of hydrogen-bond donors (Lipinski definition) is 1. The molecule has 0 bridgehead atoms. The molecule has 0 aliphatic heterocycles. The molecule has 84 valence electrons. The first-order valence-electron chi connectivity index (χ1n) is 5.82. The van der Waals surface area contributed by atoms with E-state index in [2.05, 4.69) is 14.6 Å². The third kappa shape index (κ3) is 1.41. The summed E-state index contributed by atoms with van der Waals surface area (Å²) in [5, 5.41) is 8.44. The van der Waals surface area contributed by atoms with E-state index in [1.807, 2.05) is 24.4 Å². The van der Waals surface area contributed by atoms with Crippen molar-refractivity contribution in [2.24, 2.45) is 11.1 Å². The largest absolute Gasteiger partial charge is 0.330 e. The van der Waals surface area contributed by atoms with Gasteiger partial charge < -0.3 is 5.73 Å². The molecule has 2 aromatic rings. The Balaban J connectivity index is 1.94. The summed E-state index contributed by atoms with van der Waals surface area (Å²) in [7, 11) is 0. The minimum absolute atomic E-state index is 0.290. The van der Waals surface area contributed by atoms with Gasteiger partial charge in [-0.3, -0.25) is 4.40 Å². The Hall–Kier alpha value is -1.42. The number of nitrogens with two attached hydrogens (primary N) is 1. The van der Waals surface area contributed by atoms with Crippen LogP contribution >= 0.6 is 0 Å². The molecular formula is C12H16N4. The molecule has 0 radical (unpaired) electrons. The van der Waals surface area contributed by atoms with Crippen molar-refractivity contribution in [3.05, 3.63) is 30.2 Å². The van der Waals surface area contributed by atoms with E-state index in [1.165, 1.54) is 19.3 Å². The van der Waals surface area contributed by atoms with E-state index >= 15 is 0 Å². The van der Waals surface area contributed by atoms with Crippen molar-refractivity contribution in [2.45, 2.75) is 25.7 Å². The van der Waals surface area contributed by atoms with Crippen LogP contribution in [0.4, 0.5) is 0 Å². The first kappa shape index (κ1) is 9.78. The Labute approximate surface area is 94.5 Å². The van der Waals surface area contributed by atoms with Crippen LogP contribution in [0, 0.1) is 5.41 Å². The monoisotopic (exact) mass is 216 g/mol. The molecule has 0 aromatic carbocycles. The summed E-state index contributed by atoms with van der Waals surface area (Å²) >= 11 is 0. The summed E-state index contributed by atoms with van der Waals surface area (Å²) in [6.07, 6.45) is 6.73. The van der Waals surface area contributed by atoms with Gasteiger partial charge in [-0.1, -0.05) is 12.5 Å². The summed E-state index contributed by atoms with van der Waals surface area (Å²) in [6, 6.07) is 5.97. The van der Waals surface area contributed by atoms with Gasteiger partial charge in [0.2, 0.25) is 0 Å². The van der Waals surface area contributed by atoms with E-state index in [0.29, 0.717) is 5.41 Å². The van der Waals surface area contributed by atoms with Gasteiger partial charge in [0.25, 0.3) is 0 Å². The molecule has 1 saturated carbocycles. The molecule has 0 spiro atoms. The van der Waals surface area contributed by atoms with Crippen molar-refractivity contribution < 1.29 is 0 Å². The molecular weight excluding hydrogens is 200 g/mol. The summed E-state index contributed by atoms with van der Waals surface area (Å²) in [6.45, 7) is 0.759. The molecule has 2 heterocycles. The molecule has 1 aliphatic rings. The second-order valence-corrected chi connectivity index (χ2v) is 4.78. The van der Waals surface area contributed by atoms with Crippen molar-refractivity contribution in [3.8, 4) is 0 Å². The van der Waals surface area contributed by atoms with Gasteiger partial charge in [-0.15, -0.1) is 10.2 Å². The smallest absolute Gasteiger partial charge is 0.160 e. The standard InChI is InChI=1S/C12H16N4/c13-9-12(5-3-6-12)8-11-15-14-10-4-1-2-7-16(10)11/h1-2,4,7H,3,5-6,8-9,13H2. The van der Waals surface area contributed by atoms with Crippen molar-refractivity contribution in [1.29, 1.82) is 0 Å². The number of nitrogens with zero attached hydrogens (tertiary/aromatic N) is 3. The maximum Gasteiger partial charge on any atom is 0.160 e. The molecule has 16 heavy (non-hydrogen) atoms. The highest BCUT2D eigenvalue weighted by atomic mass is 15.2. The molecule has 3 rings (SSSR count). The molecule has 4 heteroatoms. The first-order chi connectivity index (χ1) is 7.83. The number of fused-ring (bicyclic) bond motifs is 1. The van der Waals surface area contributed by atoms with Crippen LogP contribution in [0.25, 0.3) is 5.65 Å². The fourth-order valence-corrected chi connectivity index (χ4v) is 2.48. The van der Waals surface area contributed by atoms with Gasteiger partial charge in [0.1, 0.15) is 5.82 Å². The second kappa shape index (κ2) is 3.56. The Morgan fingerprint density at radius 3 is 2.88 bits per heavy atom. The predicted octanol–water partition coefficient (Wildman–Crippen LogP) is 1.40. The third-order valence-corrected chi connectivity index (χ3v) is 3.76. The Bertz CT molecular complexity index is 493. The maximum absolute atomic E-state index is 5.87. The summed E-state index contributed by atoms with van der Waals surface area (Å²) in [4.78, 5) is 0. The zero-order valence-electron chi connectivity index (χ0n) is 9.26. The average molecular weight is 216 g/mol. The minimum atomic E-state index is 0.290. The quantitative estimate of drug-likeness (QED) is 0.843. The van der Waals surface area contributed by atoms with Crippen LogP contribution in [-0.4, -0.2) is 21.1 Å². The number of hydrogen-bond acceptors (Lipinski definition) is 3. The minimum Gasteiger partial charge on any atom is -0.330 e. The summed E-state index contributed by atoms with van der Waals surface area (Å²) in [5.41, 5.74) is 7.08. The van der Waals surface area contributed by atoms with Gasteiger partial charge in [0, 0.05) is 12.6 Å². The van der Waals surface area contributed by atoms with Crippen LogP contribution in [0.2, 0.25) is 0 Å². The normalized spacial score (nSPS) is 18.6. The Kier molecular flexibility index (Phi) is 2.17. The molecule has 0 saturated heterocycles. The Morgan fingerprint density at radius 2 is 2.19 bits per heavy atom. The topological polar surface area (TPSA) is 56.2 Å². The average Bonchev–Trinajstić information content (AvgIpc) is 2.67. The van der Waals surface area contributed by atoms with E-state index < -0.39 is 0 Å². The molecule has 2 N–H and O–H groups in total. The number of aromatic nitrogens is 3. The van der Waals surface area contributed by atoms with Gasteiger partial charge in [0.15, 0.2) is 5.65 Å². The zero-order valence-corrected chi connectivity index (χ0v) is 9.26. The van der Waals surface area contributed by atoms with Crippen LogP contribution < -0.4 is 5.73 Å². The highest BCUT2D eigenvalue weighted by molar-refractivity contribution is 5.37. The Morgan fingerprint density at radius 1 is 1.31 bits per heavy atom. The molecule has 4 nitrogen and oxygen atoms in total. The molecule has 0 amide bonds. The predicted molar refractivity (Wildman–Crippen MR) is 62.0 cm³/mol. The number of rotatable bonds is 3. The van der Waals surface area contributed by atoms with Gasteiger partial charge in [0.05, 0.1) is 0 Å². The van der Waals surface area contributed by atoms with Gasteiger partial charge in [-0.25, -0.2) is 0 Å². The summed E-state index contributed by atoms with van der Waals surface area (Å²) < 4.78 is 2.07. The van der Waals surface area contributed by atoms with Crippen molar-refractivity contribution >= 4 is 5.65 Å². The van der Waals surface area contributed by atoms with Crippen molar-refractivity contribution in [1.82, 2.24) is 14.6 Å². The highest BCUT2D eigenvalue weighted by Gasteiger charge is 2.36. The van der Waals surface area contributed by atoms with Crippen LogP contribution in [0.1, 0.15) is 25.1 Å². The molecule has 1 fully saturated rings. The number of pyridine rings is 1. The van der Waals surface area contributed by atoms with Gasteiger partial charge in [-0.05, 0) is 36.9 Å². The van der Waals surface area contributed by atoms with E-state index in [1.54, 1.807) is 0 Å². The highest BCUT2D eigenvalue weighted by Crippen LogP contribution is 2.42. The van der Waals surface area contributed by atoms with Crippen molar-refractivity contribution in [3.63, 3.8) is 0 Å². The SMILES string of the molecule is NCC1(Cc2nnc3ccccn23)CCC1.